The van der Waals surface area contributed by atoms with Crippen LogP contribution in [0.2, 0.25) is 0 Å². The van der Waals surface area contributed by atoms with Gasteiger partial charge in [-0.1, -0.05) is 65.8 Å². The number of aromatic nitrogens is 3. The van der Waals surface area contributed by atoms with Crippen molar-refractivity contribution in [3.63, 3.8) is 0 Å². The van der Waals surface area contributed by atoms with Gasteiger partial charge in [-0.25, -0.2) is 0 Å². The molecule has 5 saturated carbocycles. The highest BCUT2D eigenvalue weighted by atomic mass is 16.3. The maximum atomic E-state index is 15.6. The number of nitrogens with zero attached hydrogens (tertiary/aromatic N) is 5. The molecule has 2 aliphatic heterocycles. The lowest BCUT2D eigenvalue weighted by Crippen LogP contribution is -2.67. The molecule has 5 unspecified atom stereocenters. The molecule has 0 N–H and O–H groups in total. The lowest BCUT2D eigenvalue weighted by molar-refractivity contribution is -0.238. The van der Waals surface area contributed by atoms with Crippen molar-refractivity contribution in [3.05, 3.63) is 28.7 Å². The maximum Gasteiger partial charge on any atom is 0.229 e. The van der Waals surface area contributed by atoms with Crippen molar-refractivity contribution in [2.45, 2.75) is 182 Å². The molecule has 7 aliphatic rings. The number of rotatable bonds is 5. The molecule has 1 amide bonds. The van der Waals surface area contributed by atoms with Gasteiger partial charge >= 0.3 is 0 Å². The fourth-order valence-corrected chi connectivity index (χ4v) is 15.9. The molecule has 7 nitrogen and oxygen atoms in total. The smallest absolute Gasteiger partial charge is 0.229 e. The Morgan fingerprint density at radius 2 is 1.52 bits per heavy atom. The molecule has 2 saturated heterocycles. The zero-order chi connectivity index (χ0) is 35.8. The van der Waals surface area contributed by atoms with E-state index in [1.807, 2.05) is 0 Å². The van der Waals surface area contributed by atoms with Crippen LogP contribution in [0, 0.1) is 68.5 Å². The summed E-state index contributed by atoms with van der Waals surface area (Å²) in [7, 11) is 0. The number of piperidine rings is 1. The molecule has 0 aromatic carbocycles. The quantitative estimate of drug-likeness (QED) is 0.228. The Balaban J connectivity index is 1.11. The van der Waals surface area contributed by atoms with Crippen molar-refractivity contribution >= 4 is 5.91 Å². The molecule has 1 aromatic rings. The van der Waals surface area contributed by atoms with E-state index in [0.717, 1.165) is 69.4 Å². The molecule has 7 fully saturated rings. The second kappa shape index (κ2) is 11.5. The van der Waals surface area contributed by atoms with Gasteiger partial charge in [0.1, 0.15) is 11.6 Å². The summed E-state index contributed by atoms with van der Waals surface area (Å²) in [6.45, 7) is 26.1. The lowest BCUT2D eigenvalue weighted by Gasteiger charge is -2.72. The Bertz CT molecular complexity index is 1550. The zero-order valence-electron chi connectivity index (χ0n) is 32.9. The van der Waals surface area contributed by atoms with Gasteiger partial charge in [-0.2, -0.15) is 4.91 Å². The molecule has 8 rings (SSSR count). The summed E-state index contributed by atoms with van der Waals surface area (Å²) in [5.74, 6) is 5.56. The summed E-state index contributed by atoms with van der Waals surface area (Å²) < 4.78 is 2.43. The second-order valence-electron chi connectivity index (χ2n) is 20.7. The number of fused-ring (bicyclic) bond motifs is 9. The Hall–Kier alpha value is -2.05. The number of amides is 1. The van der Waals surface area contributed by atoms with Crippen molar-refractivity contribution in [1.29, 1.82) is 0 Å². The van der Waals surface area contributed by atoms with Crippen LogP contribution in [0.5, 0.6) is 0 Å². The molecule has 5 aliphatic carbocycles. The van der Waals surface area contributed by atoms with E-state index in [9.17, 15) is 4.91 Å². The summed E-state index contributed by atoms with van der Waals surface area (Å²) >= 11 is 0. The predicted molar refractivity (Wildman–Crippen MR) is 199 cm³/mol. The molecule has 2 bridgehead atoms. The van der Waals surface area contributed by atoms with Crippen LogP contribution < -0.4 is 0 Å². The van der Waals surface area contributed by atoms with Crippen LogP contribution >= 0.6 is 0 Å². The third kappa shape index (κ3) is 4.42. The summed E-state index contributed by atoms with van der Waals surface area (Å²) in [5, 5.41) is 12.8. The second-order valence-corrected chi connectivity index (χ2v) is 20.7. The van der Waals surface area contributed by atoms with Crippen molar-refractivity contribution in [2.75, 3.05) is 0 Å². The third-order valence-corrected chi connectivity index (χ3v) is 18.3. The molecule has 7 heteroatoms. The number of nitroso groups, excluding NO2 is 1. The van der Waals surface area contributed by atoms with Gasteiger partial charge in [-0.05, 0) is 155 Å². The normalized spacial score (nSPS) is 47.6. The average Bonchev–Trinajstić information content (AvgIpc) is 3.72. The molecule has 276 valence electrons. The number of hydrogen-bond acceptors (Lipinski definition) is 5. The number of hydrogen-bond donors (Lipinski definition) is 0. The van der Waals surface area contributed by atoms with Crippen LogP contribution in [0.4, 0.5) is 0 Å². The summed E-state index contributed by atoms with van der Waals surface area (Å²) in [4.78, 5) is 30.0. The van der Waals surface area contributed by atoms with E-state index >= 15 is 4.79 Å². The van der Waals surface area contributed by atoms with Crippen LogP contribution in [0.25, 0.3) is 0 Å². The van der Waals surface area contributed by atoms with Gasteiger partial charge in [-0.15, -0.1) is 10.2 Å². The summed E-state index contributed by atoms with van der Waals surface area (Å²) in [6.07, 6.45) is 15.7. The van der Waals surface area contributed by atoms with E-state index in [1.54, 1.807) is 0 Å². The van der Waals surface area contributed by atoms with E-state index < -0.39 is 0 Å². The van der Waals surface area contributed by atoms with E-state index in [4.69, 9.17) is 0 Å². The molecule has 1 aromatic heterocycles. The minimum Gasteiger partial charge on any atom is -0.336 e. The fraction of sp³-hybridized carbons (Fsp3) is 0.884. The first-order valence-electron chi connectivity index (χ1n) is 20.8. The van der Waals surface area contributed by atoms with Crippen molar-refractivity contribution in [1.82, 2.24) is 19.7 Å². The SMILES string of the molecule is C=C(C)[C@@H]1CCC2(C(=O)N3C4CCC3CC(n3c(C)nnc3C(C)C)C4)CC[C@]3(C)C(CC[C@H]4C3(C)CC[C@H]3C(C)(C)[C@@H](N=O)CC[C@@]34C)[C@@H]12. The van der Waals surface area contributed by atoms with Gasteiger partial charge in [0.25, 0.3) is 0 Å². The van der Waals surface area contributed by atoms with Crippen molar-refractivity contribution in [2.24, 2.45) is 61.8 Å². The standard InChI is InChI=1S/C43H67N5O2/c1-25(2)31-15-20-43(38(49)48-28-11-12-29(48)24-30(23-28)47-27(5)44-45-37(47)26(3)4)22-21-41(9)32(36(31)43)13-14-34-40(8)18-17-35(46-50)39(6,7)33(40)16-19-42(34,41)10/h26,28-36H,1,11-24H2,2-10H3/t28?,29?,30?,31-,32?,33-,34+,35-,36+,40-,41+,42?,43?/m0/s1. The molecular formula is C43H67N5O2. The summed E-state index contributed by atoms with van der Waals surface area (Å²) in [6, 6.07) is 0.963. The van der Waals surface area contributed by atoms with Crippen LogP contribution in [0.15, 0.2) is 17.3 Å². The van der Waals surface area contributed by atoms with Gasteiger partial charge in [0.2, 0.25) is 5.91 Å². The Kier molecular flexibility index (Phi) is 8.03. The molecular weight excluding hydrogens is 619 g/mol. The summed E-state index contributed by atoms with van der Waals surface area (Å²) in [5.41, 5.74) is 1.68. The highest BCUT2D eigenvalue weighted by Gasteiger charge is 2.72. The van der Waals surface area contributed by atoms with Gasteiger partial charge in [-0.3, -0.25) is 4.79 Å². The fourth-order valence-electron chi connectivity index (χ4n) is 15.9. The van der Waals surface area contributed by atoms with Crippen LogP contribution in [0.1, 0.15) is 169 Å². The van der Waals surface area contributed by atoms with E-state index in [0.29, 0.717) is 59.5 Å². The van der Waals surface area contributed by atoms with Gasteiger partial charge in [0.15, 0.2) is 0 Å². The zero-order valence-corrected chi connectivity index (χ0v) is 32.9. The number of carbonyl (C=O) groups excluding carboxylic acids is 1. The highest BCUT2D eigenvalue weighted by Crippen LogP contribution is 2.78. The molecule has 12 atom stereocenters. The molecule has 3 heterocycles. The van der Waals surface area contributed by atoms with Gasteiger partial charge < -0.3 is 9.47 Å². The monoisotopic (exact) mass is 686 g/mol. The van der Waals surface area contributed by atoms with Crippen molar-refractivity contribution < 1.29 is 4.79 Å². The van der Waals surface area contributed by atoms with Gasteiger partial charge in [0, 0.05) is 24.0 Å². The predicted octanol–water partition coefficient (Wildman–Crippen LogP) is 10.2. The van der Waals surface area contributed by atoms with Crippen LogP contribution in [-0.4, -0.2) is 43.7 Å². The first-order valence-corrected chi connectivity index (χ1v) is 20.8. The minimum absolute atomic E-state index is 0.0469. The topological polar surface area (TPSA) is 80.5 Å². The molecule has 0 spiro atoms. The first kappa shape index (κ1) is 35.0. The largest absolute Gasteiger partial charge is 0.336 e. The van der Waals surface area contributed by atoms with E-state index in [1.165, 1.54) is 37.7 Å². The van der Waals surface area contributed by atoms with Crippen molar-refractivity contribution in [3.8, 4) is 0 Å². The molecule has 0 radical (unpaired) electrons. The van der Waals surface area contributed by atoms with E-state index in [2.05, 4.69) is 93.7 Å². The molecule has 50 heavy (non-hydrogen) atoms. The number of carbonyl (C=O) groups is 1. The minimum atomic E-state index is -0.253. The number of allylic oxidation sites excluding steroid dienone is 1. The van der Waals surface area contributed by atoms with Crippen LogP contribution in [0.3, 0.4) is 0 Å². The van der Waals surface area contributed by atoms with E-state index in [-0.39, 0.29) is 33.1 Å². The highest BCUT2D eigenvalue weighted by molar-refractivity contribution is 5.85. The maximum absolute atomic E-state index is 15.6. The first-order chi connectivity index (χ1) is 23.5. The Labute approximate surface area is 302 Å². The average molecular weight is 686 g/mol. The number of aryl methyl sites for hydroxylation is 1. The Morgan fingerprint density at radius 3 is 2.16 bits per heavy atom. The third-order valence-electron chi connectivity index (χ3n) is 18.3. The lowest BCUT2D eigenvalue weighted by atomic mass is 9.32. The van der Waals surface area contributed by atoms with Gasteiger partial charge in [0.05, 0.1) is 11.5 Å². The Morgan fingerprint density at radius 1 is 0.820 bits per heavy atom. The van der Waals surface area contributed by atoms with Crippen LogP contribution in [-0.2, 0) is 4.79 Å².